The summed E-state index contributed by atoms with van der Waals surface area (Å²) < 4.78 is 22.8. The molecule has 43 heavy (non-hydrogen) atoms. The summed E-state index contributed by atoms with van der Waals surface area (Å²) in [5.41, 5.74) is 10.9. The van der Waals surface area contributed by atoms with Crippen LogP contribution < -0.4 is 18.9 Å². The smallest absolute Gasteiger partial charge is 0.161 e. The van der Waals surface area contributed by atoms with Crippen molar-refractivity contribution in [2.45, 2.75) is 18.3 Å². The van der Waals surface area contributed by atoms with E-state index in [2.05, 4.69) is 91.5 Å². The van der Waals surface area contributed by atoms with Crippen LogP contribution in [0.5, 0.6) is 23.0 Å². The molecule has 2 aliphatic carbocycles. The molecule has 0 heterocycles. The molecule has 0 radical (unpaired) electrons. The second-order valence-corrected chi connectivity index (χ2v) is 11.2. The molecule has 0 N–H and O–H groups in total. The summed E-state index contributed by atoms with van der Waals surface area (Å²) >= 11 is 0. The number of ether oxygens (including phenoxy) is 4. The minimum atomic E-state index is -0.0187. The Kier molecular flexibility index (Phi) is 6.70. The lowest BCUT2D eigenvalue weighted by molar-refractivity contribution is 0.354. The van der Waals surface area contributed by atoms with E-state index in [0.29, 0.717) is 11.5 Å². The molecule has 0 spiro atoms. The van der Waals surface area contributed by atoms with Crippen LogP contribution in [-0.2, 0) is 0 Å². The van der Waals surface area contributed by atoms with Crippen molar-refractivity contribution in [3.63, 3.8) is 0 Å². The molecule has 7 rings (SSSR count). The first-order chi connectivity index (χ1) is 21.0. The SMILES string of the molecule is C=C1CC=Cc2cc3c(cc21)C(c1ccc(OC)c(OC)c1)c1cc2ccccc2cc1C3c1ccc(OC)c(OC)c1. The third kappa shape index (κ3) is 4.37. The van der Waals surface area contributed by atoms with Crippen molar-refractivity contribution in [1.29, 1.82) is 0 Å². The van der Waals surface area contributed by atoms with Crippen molar-refractivity contribution in [3.8, 4) is 23.0 Å². The Morgan fingerprint density at radius 2 is 1.05 bits per heavy atom. The predicted octanol–water partition coefficient (Wildman–Crippen LogP) is 8.98. The fraction of sp³-hybridized carbons (Fsp3) is 0.179. The van der Waals surface area contributed by atoms with E-state index < -0.39 is 0 Å². The van der Waals surface area contributed by atoms with Crippen LogP contribution in [0.15, 0.2) is 97.6 Å². The van der Waals surface area contributed by atoms with E-state index in [1.807, 2.05) is 12.1 Å². The van der Waals surface area contributed by atoms with Gasteiger partial charge in [0.05, 0.1) is 28.4 Å². The van der Waals surface area contributed by atoms with Crippen molar-refractivity contribution < 1.29 is 18.9 Å². The highest BCUT2D eigenvalue weighted by Gasteiger charge is 2.36. The van der Waals surface area contributed by atoms with Gasteiger partial charge in [-0.1, -0.05) is 55.1 Å². The van der Waals surface area contributed by atoms with Gasteiger partial charge in [-0.3, -0.25) is 0 Å². The van der Waals surface area contributed by atoms with Crippen LogP contribution in [0, 0.1) is 0 Å². The van der Waals surface area contributed by atoms with Crippen LogP contribution in [0.25, 0.3) is 22.4 Å². The molecule has 5 aromatic rings. The van der Waals surface area contributed by atoms with E-state index in [1.165, 1.54) is 44.2 Å². The molecule has 2 unspecified atom stereocenters. The third-order valence-corrected chi connectivity index (χ3v) is 8.97. The highest BCUT2D eigenvalue weighted by molar-refractivity contribution is 5.87. The lowest BCUT2D eigenvalue weighted by Crippen LogP contribution is -2.21. The van der Waals surface area contributed by atoms with E-state index in [1.54, 1.807) is 28.4 Å². The molecule has 0 amide bonds. The number of fused-ring (bicyclic) bond motifs is 4. The van der Waals surface area contributed by atoms with Gasteiger partial charge in [-0.2, -0.15) is 0 Å². The van der Waals surface area contributed by atoms with Gasteiger partial charge in [0, 0.05) is 11.8 Å². The van der Waals surface area contributed by atoms with E-state index in [-0.39, 0.29) is 11.8 Å². The van der Waals surface area contributed by atoms with Gasteiger partial charge in [-0.15, -0.1) is 0 Å². The Hall–Kier alpha value is -4.96. The quantitative estimate of drug-likeness (QED) is 0.202. The van der Waals surface area contributed by atoms with Gasteiger partial charge in [-0.25, -0.2) is 0 Å². The van der Waals surface area contributed by atoms with Crippen molar-refractivity contribution in [3.05, 3.63) is 142 Å². The zero-order valence-electron chi connectivity index (χ0n) is 24.9. The number of allylic oxidation sites excluding steroid dienone is 2. The third-order valence-electron chi connectivity index (χ3n) is 8.97. The van der Waals surface area contributed by atoms with Crippen molar-refractivity contribution >= 4 is 22.4 Å². The number of hydrogen-bond donors (Lipinski definition) is 0. The van der Waals surface area contributed by atoms with E-state index in [0.717, 1.165) is 34.6 Å². The second-order valence-electron chi connectivity index (χ2n) is 11.2. The molecule has 4 heteroatoms. The van der Waals surface area contributed by atoms with Crippen LogP contribution in [-0.4, -0.2) is 28.4 Å². The summed E-state index contributed by atoms with van der Waals surface area (Å²) in [4.78, 5) is 0. The number of benzene rings is 5. The van der Waals surface area contributed by atoms with E-state index in [4.69, 9.17) is 18.9 Å². The first-order valence-corrected chi connectivity index (χ1v) is 14.5. The molecule has 0 aromatic heterocycles. The highest BCUT2D eigenvalue weighted by atomic mass is 16.5. The Morgan fingerprint density at radius 3 is 1.56 bits per heavy atom. The first kappa shape index (κ1) is 26.9. The molecule has 0 aliphatic heterocycles. The largest absolute Gasteiger partial charge is 0.493 e. The first-order valence-electron chi connectivity index (χ1n) is 14.5. The van der Waals surface area contributed by atoms with Gasteiger partial charge < -0.3 is 18.9 Å². The van der Waals surface area contributed by atoms with Crippen molar-refractivity contribution in [2.24, 2.45) is 0 Å². The molecule has 214 valence electrons. The number of hydrogen-bond acceptors (Lipinski definition) is 4. The summed E-state index contributed by atoms with van der Waals surface area (Å²) in [6.07, 6.45) is 5.29. The summed E-state index contributed by atoms with van der Waals surface area (Å²) in [5, 5.41) is 2.43. The normalized spacial score (nSPS) is 16.7. The molecule has 0 fully saturated rings. The molecule has 0 saturated carbocycles. The average Bonchev–Trinajstić information content (AvgIpc) is 3.05. The number of methoxy groups -OCH3 is 4. The Balaban J connectivity index is 1.57. The van der Waals surface area contributed by atoms with Gasteiger partial charge in [-0.05, 0) is 116 Å². The van der Waals surface area contributed by atoms with Crippen LogP contribution in [0.4, 0.5) is 0 Å². The lowest BCUT2D eigenvalue weighted by Gasteiger charge is -2.37. The maximum absolute atomic E-state index is 5.79. The molecule has 0 saturated heterocycles. The van der Waals surface area contributed by atoms with Gasteiger partial charge in [0.2, 0.25) is 0 Å². The maximum atomic E-state index is 5.79. The minimum Gasteiger partial charge on any atom is -0.493 e. The zero-order valence-corrected chi connectivity index (χ0v) is 24.9. The summed E-state index contributed by atoms with van der Waals surface area (Å²) in [6.45, 7) is 4.44. The predicted molar refractivity (Wildman–Crippen MR) is 174 cm³/mol. The minimum absolute atomic E-state index is 0.0142. The fourth-order valence-electron chi connectivity index (χ4n) is 6.93. The number of rotatable bonds is 6. The fourth-order valence-corrected chi connectivity index (χ4v) is 6.93. The molecule has 2 atom stereocenters. The Morgan fingerprint density at radius 1 is 0.558 bits per heavy atom. The Labute approximate surface area is 252 Å². The van der Waals surface area contributed by atoms with Gasteiger partial charge in [0.1, 0.15) is 0 Å². The van der Waals surface area contributed by atoms with Crippen LogP contribution in [0.1, 0.15) is 62.8 Å². The molecule has 5 aromatic carbocycles. The molecular formula is C39H34O4. The van der Waals surface area contributed by atoms with Crippen LogP contribution >= 0.6 is 0 Å². The van der Waals surface area contributed by atoms with E-state index in [9.17, 15) is 0 Å². The van der Waals surface area contributed by atoms with E-state index >= 15 is 0 Å². The lowest BCUT2D eigenvalue weighted by atomic mass is 9.66. The van der Waals surface area contributed by atoms with Crippen molar-refractivity contribution in [1.82, 2.24) is 0 Å². The monoisotopic (exact) mass is 566 g/mol. The molecule has 0 bridgehead atoms. The van der Waals surface area contributed by atoms with Crippen LogP contribution in [0.2, 0.25) is 0 Å². The Bertz CT molecular complexity index is 1930. The summed E-state index contributed by atoms with van der Waals surface area (Å²) in [5.74, 6) is 2.84. The maximum Gasteiger partial charge on any atom is 0.161 e. The molecule has 2 aliphatic rings. The molecular weight excluding hydrogens is 532 g/mol. The summed E-state index contributed by atoms with van der Waals surface area (Å²) in [7, 11) is 6.73. The zero-order chi connectivity index (χ0) is 29.7. The second kappa shape index (κ2) is 10.7. The van der Waals surface area contributed by atoms with Crippen LogP contribution in [0.3, 0.4) is 0 Å². The molecule has 4 nitrogen and oxygen atoms in total. The highest BCUT2D eigenvalue weighted by Crippen LogP contribution is 2.52. The van der Waals surface area contributed by atoms with Crippen molar-refractivity contribution in [2.75, 3.05) is 28.4 Å². The van der Waals surface area contributed by atoms with Gasteiger partial charge in [0.15, 0.2) is 23.0 Å². The van der Waals surface area contributed by atoms with Gasteiger partial charge >= 0.3 is 0 Å². The average molecular weight is 567 g/mol. The van der Waals surface area contributed by atoms with Gasteiger partial charge in [0.25, 0.3) is 0 Å². The standard InChI is InChI=1S/C39H34O4/c1-23-9-8-12-26-19-32-33(22-29(23)26)39(28-14-16-35(41-3)37(21-28)43-5)31-18-25-11-7-6-10-24(25)17-30(31)38(32)27-13-15-34(40-2)36(20-27)42-4/h6-8,10-22,38-39H,1,9H2,2-5H3. The summed E-state index contributed by atoms with van der Waals surface area (Å²) in [6, 6.07) is 30.7. The topological polar surface area (TPSA) is 36.9 Å².